The second-order valence-corrected chi connectivity index (χ2v) is 16.0. The Morgan fingerprint density at radius 1 is 0.500 bits per heavy atom. The van der Waals surface area contributed by atoms with Crippen LogP contribution in [0.1, 0.15) is 43.0 Å². The smallest absolute Gasteiger partial charge is 0.335 e. The van der Waals surface area contributed by atoms with Crippen molar-refractivity contribution in [3.8, 4) is 0 Å². The number of hydrogen-bond donors (Lipinski definition) is 6. The Kier molecular flexibility index (Phi) is 13.4. The molecule has 0 fully saturated rings. The highest BCUT2D eigenvalue weighted by Gasteiger charge is 2.33. The molecule has 0 aliphatic carbocycles. The zero-order valence-corrected chi connectivity index (χ0v) is 32.0. The number of fused-ring (bicyclic) bond motifs is 2. The molecule has 10 nitrogen and oxygen atoms in total. The minimum absolute atomic E-state index is 0.139. The van der Waals surface area contributed by atoms with E-state index >= 15 is 0 Å². The van der Waals surface area contributed by atoms with Gasteiger partial charge in [-0.3, -0.25) is 9.59 Å². The fourth-order valence-corrected chi connectivity index (χ4v) is 9.68. The lowest BCUT2D eigenvalue weighted by Gasteiger charge is -2.27. The number of nitrogens with one attached hydrogen (secondary N) is 2. The summed E-state index contributed by atoms with van der Waals surface area (Å²) < 4.78 is 0. The van der Waals surface area contributed by atoms with E-state index in [2.05, 4.69) is 10.6 Å². The van der Waals surface area contributed by atoms with Gasteiger partial charge in [0.25, 0.3) is 0 Å². The predicted octanol–water partition coefficient (Wildman–Crippen LogP) is 6.58. The maximum absolute atomic E-state index is 14.1. The lowest BCUT2D eigenvalue weighted by atomic mass is 10.0. The molecular weight excluding hydrogens is 745 g/mol. The van der Waals surface area contributed by atoms with Crippen molar-refractivity contribution >= 4 is 66.9 Å². The molecule has 0 aliphatic rings. The number of carboxylic acids is 2. The maximum Gasteiger partial charge on any atom is 0.335 e. The monoisotopic (exact) mass is 786 g/mol. The van der Waals surface area contributed by atoms with E-state index in [0.29, 0.717) is 0 Å². The van der Waals surface area contributed by atoms with E-state index < -0.39 is 34.5 Å². The van der Waals surface area contributed by atoms with Crippen LogP contribution in [-0.2, 0) is 35.5 Å². The largest absolute Gasteiger partial charge is 0.478 e. The maximum atomic E-state index is 14.1. The number of nitrogens with two attached hydrogens (primary N) is 2. The molecule has 0 aliphatic heterocycles. The molecule has 0 saturated carbocycles. The summed E-state index contributed by atoms with van der Waals surface area (Å²) in [5.74, 6) is -2.73. The van der Waals surface area contributed by atoms with Crippen LogP contribution >= 0.6 is 21.6 Å². The molecule has 8 N–H and O–H groups in total. The first kappa shape index (κ1) is 40.0. The standard InChI is InChI=1S/C44H42N4O6S2/c45-37(23-27-15-19-31(20-16-27)43(51)52)39(41(49)47-25-33-11-5-9-29-7-1-3-13-35(29)33)55-56-40(38(46)24-28-17-21-32(22-18-28)44(53)54)42(50)48-26-34-12-6-10-30-8-2-4-14-36(30)34/h1-22,37-40H,23-26,45-46H2,(H,47,49)(H,48,50)(H,51,52)(H,53,54)/t37-,38-,39-,40-/m0/s1. The van der Waals surface area contributed by atoms with Crippen molar-refractivity contribution < 1.29 is 29.4 Å². The first-order valence-corrected chi connectivity index (χ1v) is 20.3. The number of carboxylic acid groups (broad SMARTS) is 2. The Morgan fingerprint density at radius 3 is 1.23 bits per heavy atom. The Balaban J connectivity index is 1.24. The lowest BCUT2D eigenvalue weighted by Crippen LogP contribution is -2.47. The van der Waals surface area contributed by atoms with Crippen molar-refractivity contribution in [2.24, 2.45) is 11.5 Å². The molecule has 0 spiro atoms. The third-order valence-electron chi connectivity index (χ3n) is 9.57. The summed E-state index contributed by atoms with van der Waals surface area (Å²) in [6, 6.07) is 38.9. The van der Waals surface area contributed by atoms with Gasteiger partial charge in [0.15, 0.2) is 0 Å². The van der Waals surface area contributed by atoms with Gasteiger partial charge in [-0.15, -0.1) is 0 Å². The molecule has 4 atom stereocenters. The minimum atomic E-state index is -1.04. The fraction of sp³-hybridized carbons (Fsp3) is 0.182. The van der Waals surface area contributed by atoms with Gasteiger partial charge in [0.05, 0.1) is 11.1 Å². The van der Waals surface area contributed by atoms with Crippen LogP contribution in [0.15, 0.2) is 133 Å². The van der Waals surface area contributed by atoms with Crippen molar-refractivity contribution in [2.75, 3.05) is 0 Å². The van der Waals surface area contributed by atoms with Gasteiger partial charge in [0.2, 0.25) is 11.8 Å². The van der Waals surface area contributed by atoms with Crippen LogP contribution in [0, 0.1) is 0 Å². The van der Waals surface area contributed by atoms with Crippen LogP contribution in [0.25, 0.3) is 21.5 Å². The van der Waals surface area contributed by atoms with Gasteiger partial charge in [-0.05, 0) is 80.9 Å². The summed E-state index contributed by atoms with van der Waals surface area (Å²) in [7, 11) is 2.35. The minimum Gasteiger partial charge on any atom is -0.478 e. The summed E-state index contributed by atoms with van der Waals surface area (Å²) in [6.45, 7) is 0.505. The zero-order chi connectivity index (χ0) is 39.6. The molecule has 0 heterocycles. The number of carbonyl (C=O) groups is 4. The van der Waals surface area contributed by atoms with Crippen LogP contribution < -0.4 is 22.1 Å². The molecule has 0 aromatic heterocycles. The number of aromatic carboxylic acids is 2. The molecule has 0 bridgehead atoms. The van der Waals surface area contributed by atoms with Crippen molar-refractivity contribution in [2.45, 2.75) is 48.5 Å². The number of benzene rings is 6. The third-order valence-corrected chi connectivity index (χ3v) is 12.8. The van der Waals surface area contributed by atoms with E-state index in [0.717, 1.165) is 43.8 Å². The van der Waals surface area contributed by atoms with Gasteiger partial charge in [-0.2, -0.15) is 0 Å². The average Bonchev–Trinajstić information content (AvgIpc) is 3.20. The van der Waals surface area contributed by atoms with E-state index in [9.17, 15) is 29.4 Å². The molecule has 0 saturated heterocycles. The van der Waals surface area contributed by atoms with E-state index in [1.54, 1.807) is 24.3 Å². The number of rotatable bonds is 17. The number of carbonyl (C=O) groups excluding carboxylic acids is 2. The molecule has 6 aromatic rings. The summed E-state index contributed by atoms with van der Waals surface area (Å²) in [5, 5.41) is 27.3. The molecule has 6 aromatic carbocycles. The number of amides is 2. The Labute approximate surface area is 332 Å². The summed E-state index contributed by atoms with van der Waals surface area (Å²) in [5.41, 5.74) is 17.3. The molecule has 6 rings (SSSR count). The van der Waals surface area contributed by atoms with Gasteiger partial charge in [-0.25, -0.2) is 9.59 Å². The first-order chi connectivity index (χ1) is 27.1. The summed E-state index contributed by atoms with van der Waals surface area (Å²) in [4.78, 5) is 51.1. The van der Waals surface area contributed by atoms with E-state index in [4.69, 9.17) is 11.5 Å². The van der Waals surface area contributed by atoms with E-state index in [1.807, 2.05) is 84.9 Å². The molecule has 286 valence electrons. The molecule has 56 heavy (non-hydrogen) atoms. The summed E-state index contributed by atoms with van der Waals surface area (Å²) in [6.07, 6.45) is 0.527. The van der Waals surface area contributed by atoms with Gasteiger partial charge >= 0.3 is 11.9 Å². The second kappa shape index (κ2) is 18.8. The highest BCUT2D eigenvalue weighted by molar-refractivity contribution is 8.77. The summed E-state index contributed by atoms with van der Waals surface area (Å²) >= 11 is 0. The van der Waals surface area contributed by atoms with Crippen molar-refractivity contribution in [3.63, 3.8) is 0 Å². The van der Waals surface area contributed by atoms with Crippen molar-refractivity contribution in [1.29, 1.82) is 0 Å². The van der Waals surface area contributed by atoms with E-state index in [1.165, 1.54) is 45.9 Å². The molecule has 0 unspecified atom stereocenters. The normalized spacial score (nSPS) is 13.4. The van der Waals surface area contributed by atoms with E-state index in [-0.39, 0.29) is 48.9 Å². The Hall–Kier alpha value is -5.66. The highest BCUT2D eigenvalue weighted by atomic mass is 33.1. The fourth-order valence-electron chi connectivity index (χ4n) is 6.52. The quantitative estimate of drug-likeness (QED) is 0.0552. The highest BCUT2D eigenvalue weighted by Crippen LogP contribution is 2.36. The SMILES string of the molecule is N[C@@H](Cc1ccc(C(=O)O)cc1)[C@H](SS[C@H](C(=O)NCc1cccc2ccccc12)[C@@H](N)Cc1ccc(C(=O)O)cc1)C(=O)NCc1cccc2ccccc12. The van der Waals surface area contributed by atoms with Crippen LogP contribution in [0.5, 0.6) is 0 Å². The average molecular weight is 787 g/mol. The van der Waals surface area contributed by atoms with Crippen LogP contribution in [0.3, 0.4) is 0 Å². The predicted molar refractivity (Wildman–Crippen MR) is 225 cm³/mol. The van der Waals surface area contributed by atoms with Crippen molar-refractivity contribution in [1.82, 2.24) is 10.6 Å². The first-order valence-electron chi connectivity index (χ1n) is 18.0. The van der Waals surface area contributed by atoms with Gasteiger partial charge in [0, 0.05) is 25.2 Å². The molecule has 0 radical (unpaired) electrons. The lowest BCUT2D eigenvalue weighted by molar-refractivity contribution is -0.121. The van der Waals surface area contributed by atoms with Crippen LogP contribution in [0.4, 0.5) is 0 Å². The van der Waals surface area contributed by atoms with Gasteiger partial charge in [0.1, 0.15) is 10.5 Å². The molecule has 2 amide bonds. The Bertz CT molecular complexity index is 2160. The van der Waals surface area contributed by atoms with Crippen LogP contribution in [-0.4, -0.2) is 56.5 Å². The van der Waals surface area contributed by atoms with Crippen LogP contribution in [0.2, 0.25) is 0 Å². The third kappa shape index (κ3) is 10.1. The van der Waals surface area contributed by atoms with Crippen molar-refractivity contribution in [3.05, 3.63) is 167 Å². The van der Waals surface area contributed by atoms with Gasteiger partial charge < -0.3 is 32.3 Å². The number of hydrogen-bond acceptors (Lipinski definition) is 8. The molecule has 12 heteroatoms. The Morgan fingerprint density at radius 2 is 0.857 bits per heavy atom. The topological polar surface area (TPSA) is 185 Å². The second-order valence-electron chi connectivity index (χ2n) is 13.5. The zero-order valence-electron chi connectivity index (χ0n) is 30.3. The van der Waals surface area contributed by atoms with Gasteiger partial charge in [-0.1, -0.05) is 131 Å². The molecular formula is C44H42N4O6S2.